The van der Waals surface area contributed by atoms with Crippen LogP contribution in [0.15, 0.2) is 0 Å². The smallest absolute Gasteiger partial charge is 0.303 e. The highest BCUT2D eigenvalue weighted by Crippen LogP contribution is 2.38. The summed E-state index contributed by atoms with van der Waals surface area (Å²) in [6.07, 6.45) is -27.7. The number of ether oxygens (including phenoxy) is 15. The van der Waals surface area contributed by atoms with Gasteiger partial charge >= 0.3 is 59.7 Å². The topological polar surface area (TPSA) is 329 Å². The fraction of sp³-hybridized carbons (Fsp3) is 0.737. The highest BCUT2D eigenvalue weighted by Gasteiger charge is 2.60. The van der Waals surface area contributed by atoms with Crippen LogP contribution in [-0.2, 0) is 119 Å². The Kier molecular flexibility index (Phi) is 19.8. The third kappa shape index (κ3) is 15.6. The quantitative estimate of drug-likeness (QED) is 0.123. The van der Waals surface area contributed by atoms with Crippen LogP contribution in [0.25, 0.3) is 0 Å². The average Bonchev–Trinajstić information content (AvgIpc) is 3.15. The fourth-order valence-electron chi connectivity index (χ4n) is 6.77. The monoisotopic (exact) mass is 924 g/mol. The first-order chi connectivity index (χ1) is 29.9. The maximum Gasteiger partial charge on any atom is 0.303 e. The van der Waals surface area contributed by atoms with Crippen molar-refractivity contribution in [2.24, 2.45) is 0 Å². The molecular formula is C38H52O26. The van der Waals surface area contributed by atoms with Gasteiger partial charge in [0.25, 0.3) is 0 Å². The lowest BCUT2D eigenvalue weighted by Crippen LogP contribution is -2.69. The van der Waals surface area contributed by atoms with E-state index in [2.05, 4.69) is 0 Å². The molecule has 1 N–H and O–H groups in total. The maximum atomic E-state index is 12.9. The molecule has 0 radical (unpaired) electrons. The van der Waals surface area contributed by atoms with Gasteiger partial charge in [0.2, 0.25) is 0 Å². The average molecular weight is 925 g/mol. The van der Waals surface area contributed by atoms with E-state index in [4.69, 9.17) is 71.1 Å². The molecule has 0 bridgehead atoms. The Bertz CT molecular complexity index is 1730. The molecule has 0 unspecified atom stereocenters. The molecule has 3 rings (SSSR count). The van der Waals surface area contributed by atoms with Gasteiger partial charge in [-0.1, -0.05) is 0 Å². The van der Waals surface area contributed by atoms with Crippen LogP contribution in [0, 0.1) is 0 Å². The van der Waals surface area contributed by atoms with E-state index in [0.717, 1.165) is 69.2 Å². The summed E-state index contributed by atoms with van der Waals surface area (Å²) in [4.78, 5) is 124. The second-order valence-corrected chi connectivity index (χ2v) is 14.3. The summed E-state index contributed by atoms with van der Waals surface area (Å²) in [5.74, 6) is -9.66. The predicted molar refractivity (Wildman–Crippen MR) is 197 cm³/mol. The van der Waals surface area contributed by atoms with Gasteiger partial charge in [0.1, 0.15) is 50.3 Å². The molecule has 3 aliphatic heterocycles. The molecule has 3 heterocycles. The molecule has 0 saturated carbocycles. The minimum atomic E-state index is -2.09. The number of aliphatic hydroxyl groups excluding tert-OH is 1. The zero-order valence-electron chi connectivity index (χ0n) is 36.4. The normalized spacial score (nSPS) is 32.3. The fourth-order valence-corrected chi connectivity index (χ4v) is 6.77. The largest absolute Gasteiger partial charge is 0.463 e. The molecule has 64 heavy (non-hydrogen) atoms. The van der Waals surface area contributed by atoms with Gasteiger partial charge in [0.15, 0.2) is 61.6 Å². The van der Waals surface area contributed by atoms with E-state index in [0.29, 0.717) is 0 Å². The number of hydrogen-bond donors (Lipinski definition) is 1. The van der Waals surface area contributed by atoms with Crippen LogP contribution >= 0.6 is 0 Å². The van der Waals surface area contributed by atoms with Crippen molar-refractivity contribution in [3.05, 3.63) is 0 Å². The van der Waals surface area contributed by atoms with Crippen LogP contribution in [0.2, 0.25) is 0 Å². The number of carbonyl (C=O) groups excluding carboxylic acids is 10. The highest BCUT2D eigenvalue weighted by molar-refractivity contribution is 5.70. The van der Waals surface area contributed by atoms with Crippen molar-refractivity contribution < 1.29 is 124 Å². The van der Waals surface area contributed by atoms with Crippen molar-refractivity contribution in [2.45, 2.75) is 161 Å². The molecule has 0 aromatic carbocycles. The van der Waals surface area contributed by atoms with E-state index in [1.165, 1.54) is 0 Å². The van der Waals surface area contributed by atoms with Crippen molar-refractivity contribution in [3.8, 4) is 0 Å². The van der Waals surface area contributed by atoms with Gasteiger partial charge in [-0.15, -0.1) is 0 Å². The Hall–Kier alpha value is -5.54. The number of aliphatic hydroxyl groups is 1. The predicted octanol–water partition coefficient (Wildman–Crippen LogP) is -1.86. The molecule has 3 fully saturated rings. The summed E-state index contributed by atoms with van der Waals surface area (Å²) >= 11 is 0. The summed E-state index contributed by atoms with van der Waals surface area (Å²) in [6, 6.07) is 0. The molecule has 0 amide bonds. The van der Waals surface area contributed by atoms with Crippen LogP contribution in [0.1, 0.15) is 69.2 Å². The van der Waals surface area contributed by atoms with Crippen LogP contribution in [0.5, 0.6) is 0 Å². The molecule has 0 spiro atoms. The van der Waals surface area contributed by atoms with Gasteiger partial charge < -0.3 is 76.2 Å². The first kappa shape index (κ1) is 52.8. The molecule has 26 heteroatoms. The van der Waals surface area contributed by atoms with E-state index >= 15 is 0 Å². The zero-order chi connectivity index (χ0) is 48.2. The molecule has 0 aliphatic carbocycles. The summed E-state index contributed by atoms with van der Waals surface area (Å²) in [6.45, 7) is 7.65. The van der Waals surface area contributed by atoms with Crippen molar-refractivity contribution in [2.75, 3.05) is 19.8 Å². The Morgan fingerprint density at radius 2 is 0.578 bits per heavy atom. The van der Waals surface area contributed by atoms with E-state index in [1.807, 2.05) is 0 Å². The molecule has 3 aliphatic rings. The minimum Gasteiger partial charge on any atom is -0.463 e. The van der Waals surface area contributed by atoms with Crippen LogP contribution < -0.4 is 0 Å². The van der Waals surface area contributed by atoms with Crippen LogP contribution in [0.4, 0.5) is 0 Å². The number of hydrogen-bond acceptors (Lipinski definition) is 26. The van der Waals surface area contributed by atoms with Gasteiger partial charge in [0.05, 0.1) is 0 Å². The van der Waals surface area contributed by atoms with E-state index in [-0.39, 0.29) is 0 Å². The van der Waals surface area contributed by atoms with E-state index in [1.54, 1.807) is 0 Å². The van der Waals surface area contributed by atoms with E-state index in [9.17, 15) is 53.1 Å². The Morgan fingerprint density at radius 3 is 0.906 bits per heavy atom. The third-order valence-corrected chi connectivity index (χ3v) is 8.84. The Morgan fingerprint density at radius 1 is 0.328 bits per heavy atom. The minimum absolute atomic E-state index is 0.672. The molecule has 26 nitrogen and oxygen atoms in total. The summed E-state index contributed by atoms with van der Waals surface area (Å²) < 4.78 is 84.3. The standard InChI is InChI=1S/C38H52O26/c1-14(39)50-11-24-27(53-17(4)42)30(33(36(49)60-24)57-21(8)46)63-38-35(59-23(10)48)32(29(55-19(6)44)26(62-38)13-52-16(3)41)64-37-34(58-22(9)47)31(56-20(7)45)28(54-18(5)43)25(61-37)12-51-15(2)40/h24-38,49H,11-13H2,1-10H3/t24-,25-,26-,27+,28+,29-,30+,31+,32+,33-,34-,35-,36-,37+,38+/m1/s1. The van der Waals surface area contributed by atoms with Crippen molar-refractivity contribution in [1.82, 2.24) is 0 Å². The van der Waals surface area contributed by atoms with Crippen molar-refractivity contribution in [1.29, 1.82) is 0 Å². The highest BCUT2D eigenvalue weighted by atomic mass is 16.8. The molecule has 15 atom stereocenters. The number of esters is 10. The molecule has 360 valence electrons. The second-order valence-electron chi connectivity index (χ2n) is 14.3. The lowest BCUT2D eigenvalue weighted by Gasteiger charge is -2.50. The zero-order valence-corrected chi connectivity index (χ0v) is 36.4. The Labute approximate surface area is 364 Å². The SMILES string of the molecule is CC(=O)OC[C@H]1O[C@@H](O)[C@H](OC(C)=O)[C@@H](O[C@@H]2O[C@H](COC(C)=O)[C@@H](OC(C)=O)[C@H](O[C@@H]3O[C@H](COC(C)=O)[C@H](OC(C)=O)[C@H](OC(C)=O)[C@H]3OC(C)=O)[C@H]2OC(C)=O)[C@H]1OC(C)=O. The summed E-state index contributed by atoms with van der Waals surface area (Å²) in [5, 5.41) is 11.1. The molecule has 3 saturated heterocycles. The maximum absolute atomic E-state index is 12.9. The Balaban J connectivity index is 2.33. The van der Waals surface area contributed by atoms with Gasteiger partial charge in [-0.05, 0) is 0 Å². The lowest BCUT2D eigenvalue weighted by atomic mass is 9.95. The van der Waals surface area contributed by atoms with Gasteiger partial charge in [0, 0.05) is 69.2 Å². The summed E-state index contributed by atoms with van der Waals surface area (Å²) in [5.41, 5.74) is 0. The number of carbonyl (C=O) groups is 10. The first-order valence-corrected chi connectivity index (χ1v) is 19.4. The first-order valence-electron chi connectivity index (χ1n) is 19.4. The van der Waals surface area contributed by atoms with E-state index < -0.39 is 172 Å². The molecule has 0 aromatic heterocycles. The van der Waals surface area contributed by atoms with Gasteiger partial charge in [-0.25, -0.2) is 0 Å². The summed E-state index contributed by atoms with van der Waals surface area (Å²) in [7, 11) is 0. The van der Waals surface area contributed by atoms with Gasteiger partial charge in [-0.2, -0.15) is 0 Å². The van der Waals surface area contributed by atoms with Gasteiger partial charge in [-0.3, -0.25) is 47.9 Å². The molecular weight excluding hydrogens is 872 g/mol. The third-order valence-electron chi connectivity index (χ3n) is 8.84. The molecule has 0 aromatic rings. The van der Waals surface area contributed by atoms with Crippen LogP contribution in [0.3, 0.4) is 0 Å². The second kappa shape index (κ2) is 23.9. The van der Waals surface area contributed by atoms with Crippen molar-refractivity contribution >= 4 is 59.7 Å². The number of rotatable bonds is 17. The lowest BCUT2D eigenvalue weighted by molar-refractivity contribution is -0.380. The van der Waals surface area contributed by atoms with Crippen LogP contribution in [-0.4, -0.2) is 177 Å². The van der Waals surface area contributed by atoms with Crippen molar-refractivity contribution in [3.63, 3.8) is 0 Å².